The number of aromatic nitrogens is 1. The highest BCUT2D eigenvalue weighted by Crippen LogP contribution is 2.25. The van der Waals surface area contributed by atoms with Gasteiger partial charge in [-0.3, -0.25) is 14.6 Å². The van der Waals surface area contributed by atoms with E-state index in [1.807, 2.05) is 6.92 Å². The van der Waals surface area contributed by atoms with E-state index < -0.39 is 6.09 Å². The van der Waals surface area contributed by atoms with Gasteiger partial charge in [-0.2, -0.15) is 0 Å². The molecule has 0 saturated carbocycles. The molecule has 1 aromatic heterocycles. The number of fused-ring (bicyclic) bond motifs is 1. The van der Waals surface area contributed by atoms with Crippen LogP contribution in [0.15, 0.2) is 29.0 Å². The lowest BCUT2D eigenvalue weighted by Gasteiger charge is -2.22. The molecule has 25 heavy (non-hydrogen) atoms. The lowest BCUT2D eigenvalue weighted by molar-refractivity contribution is -0.181. The number of carboxylic acid groups (broad SMARTS) is 1. The molecule has 0 atom stereocenters. The van der Waals surface area contributed by atoms with E-state index in [0.717, 1.165) is 5.56 Å². The molecular formula is C16H21N5O4. The van der Waals surface area contributed by atoms with E-state index in [4.69, 9.17) is 15.7 Å². The number of hydrogen-bond acceptors (Lipinski definition) is 6. The molecule has 0 bridgehead atoms. The van der Waals surface area contributed by atoms with E-state index in [1.165, 1.54) is 5.06 Å². The number of nitrogens with zero attached hydrogens (tertiary/aromatic N) is 3. The average Bonchev–Trinajstić information content (AvgIpc) is 2.74. The molecule has 134 valence electrons. The number of hydrogen-bond donors (Lipinski definition) is 3. The smallest absolute Gasteiger partial charge is 0.404 e. The number of nitrogens with one attached hydrogen (secondary N) is 1. The van der Waals surface area contributed by atoms with Gasteiger partial charge in [-0.05, 0) is 18.6 Å². The Labute approximate surface area is 145 Å². The Morgan fingerprint density at radius 2 is 2.28 bits per heavy atom. The molecule has 0 fully saturated rings. The summed E-state index contributed by atoms with van der Waals surface area (Å²) in [4.78, 5) is 37.0. The Morgan fingerprint density at radius 1 is 1.48 bits per heavy atom. The lowest BCUT2D eigenvalue weighted by Crippen LogP contribution is -2.36. The second kappa shape index (κ2) is 8.78. The lowest BCUT2D eigenvalue weighted by atomic mass is 10.1. The Hall–Kier alpha value is -2.94. The monoisotopic (exact) mass is 347 g/mol. The van der Waals surface area contributed by atoms with Crippen molar-refractivity contribution < 1.29 is 19.5 Å². The van der Waals surface area contributed by atoms with E-state index in [2.05, 4.69) is 15.3 Å². The second-order valence-corrected chi connectivity index (χ2v) is 5.36. The maximum Gasteiger partial charge on any atom is 0.404 e. The van der Waals surface area contributed by atoms with Crippen molar-refractivity contribution >= 4 is 29.6 Å². The van der Waals surface area contributed by atoms with Gasteiger partial charge in [0.25, 0.3) is 5.91 Å². The van der Waals surface area contributed by atoms with Gasteiger partial charge in [-0.15, -0.1) is 0 Å². The van der Waals surface area contributed by atoms with Crippen molar-refractivity contribution in [2.45, 2.75) is 19.8 Å². The normalized spacial score (nSPS) is 13.2. The largest absolute Gasteiger partial charge is 0.465 e. The Balaban J connectivity index is 2.13. The summed E-state index contributed by atoms with van der Waals surface area (Å²) in [6, 6.07) is 1.76. The number of nitrogens with two attached hydrogens (primary N) is 1. The predicted molar refractivity (Wildman–Crippen MR) is 92.1 cm³/mol. The summed E-state index contributed by atoms with van der Waals surface area (Å²) in [5, 5.41) is 12.0. The molecule has 9 nitrogen and oxygen atoms in total. The zero-order valence-corrected chi connectivity index (χ0v) is 13.9. The Bertz CT molecular complexity index is 702. The molecule has 0 spiro atoms. The van der Waals surface area contributed by atoms with E-state index in [9.17, 15) is 9.59 Å². The number of amidine groups is 1. The number of carbonyl (C=O) groups is 2. The molecule has 1 aromatic rings. The number of amides is 2. The first kappa shape index (κ1) is 18.4. The van der Waals surface area contributed by atoms with Gasteiger partial charge < -0.3 is 16.2 Å². The van der Waals surface area contributed by atoms with Crippen LogP contribution in [0.25, 0.3) is 6.08 Å². The molecule has 1 aliphatic heterocycles. The summed E-state index contributed by atoms with van der Waals surface area (Å²) < 4.78 is 0. The van der Waals surface area contributed by atoms with Crippen LogP contribution in [-0.2, 0) is 9.63 Å². The van der Waals surface area contributed by atoms with E-state index >= 15 is 0 Å². The van der Waals surface area contributed by atoms with Crippen LogP contribution in [0.3, 0.4) is 0 Å². The molecule has 2 amide bonds. The molecule has 0 unspecified atom stereocenters. The zero-order valence-electron chi connectivity index (χ0n) is 13.9. The second-order valence-electron chi connectivity index (χ2n) is 5.36. The first-order valence-corrected chi connectivity index (χ1v) is 7.90. The van der Waals surface area contributed by atoms with Crippen LogP contribution >= 0.6 is 0 Å². The van der Waals surface area contributed by atoms with Crippen molar-refractivity contribution in [3.05, 3.63) is 29.6 Å². The molecule has 0 aromatic carbocycles. The molecule has 9 heteroatoms. The van der Waals surface area contributed by atoms with E-state index in [-0.39, 0.29) is 25.5 Å². The summed E-state index contributed by atoms with van der Waals surface area (Å²) in [6.45, 7) is 2.43. The molecule has 0 aliphatic carbocycles. The zero-order chi connectivity index (χ0) is 18.2. The van der Waals surface area contributed by atoms with E-state index in [0.29, 0.717) is 30.1 Å². The Kier molecular flexibility index (Phi) is 6.47. The van der Waals surface area contributed by atoms with Crippen LogP contribution in [0, 0.1) is 0 Å². The van der Waals surface area contributed by atoms with Crippen LogP contribution in [0.4, 0.5) is 10.5 Å². The minimum absolute atomic E-state index is 0.0510. The summed E-state index contributed by atoms with van der Waals surface area (Å²) in [6.07, 6.45) is 4.68. The van der Waals surface area contributed by atoms with Crippen LogP contribution in [0.5, 0.6) is 0 Å². The topological polar surface area (TPSA) is 130 Å². The van der Waals surface area contributed by atoms with Gasteiger partial charge in [-0.1, -0.05) is 6.92 Å². The number of pyridine rings is 1. The van der Waals surface area contributed by atoms with Crippen LogP contribution in [0.1, 0.15) is 25.3 Å². The van der Waals surface area contributed by atoms with Gasteiger partial charge in [0, 0.05) is 36.8 Å². The highest BCUT2D eigenvalue weighted by molar-refractivity contribution is 6.05. The maximum absolute atomic E-state index is 12.8. The highest BCUT2D eigenvalue weighted by atomic mass is 16.7. The summed E-state index contributed by atoms with van der Waals surface area (Å²) in [7, 11) is 0. The fourth-order valence-electron chi connectivity index (χ4n) is 2.28. The van der Waals surface area contributed by atoms with Crippen LogP contribution < -0.4 is 11.1 Å². The van der Waals surface area contributed by atoms with Gasteiger partial charge in [0.05, 0.1) is 18.5 Å². The van der Waals surface area contributed by atoms with Crippen molar-refractivity contribution in [3.63, 3.8) is 0 Å². The molecule has 0 saturated heterocycles. The van der Waals surface area contributed by atoms with Crippen molar-refractivity contribution in [1.82, 2.24) is 15.4 Å². The first-order valence-electron chi connectivity index (χ1n) is 7.90. The standard InChI is InChI=1S/C16H21N5O4/c1-2-6-21(25-7-5-19-16(23)24)15(22)12-8-11-3-4-18-10-13(11)20-14(17)9-12/h3-4,8,10,19H,2,5-7,9H2,1H3,(H2,17,20)(H,23,24). The number of rotatable bonds is 7. The molecule has 2 heterocycles. The molecular weight excluding hydrogens is 326 g/mol. The van der Waals surface area contributed by atoms with Crippen LogP contribution in [-0.4, -0.2) is 52.7 Å². The minimum Gasteiger partial charge on any atom is -0.465 e. The first-order chi connectivity index (χ1) is 12.0. The minimum atomic E-state index is -1.14. The average molecular weight is 347 g/mol. The molecule has 0 radical (unpaired) electrons. The quantitative estimate of drug-likeness (QED) is 0.503. The van der Waals surface area contributed by atoms with Gasteiger partial charge in [0.1, 0.15) is 5.84 Å². The molecule has 4 N–H and O–H groups in total. The number of aliphatic imine (C=N–C) groups is 1. The third-order valence-electron chi connectivity index (χ3n) is 3.35. The number of hydroxylamine groups is 2. The summed E-state index contributed by atoms with van der Waals surface area (Å²) >= 11 is 0. The van der Waals surface area contributed by atoms with Gasteiger partial charge in [-0.25, -0.2) is 14.9 Å². The fourth-order valence-corrected chi connectivity index (χ4v) is 2.28. The van der Waals surface area contributed by atoms with Gasteiger partial charge in [0.15, 0.2) is 0 Å². The Morgan fingerprint density at radius 3 is 3.00 bits per heavy atom. The molecule has 1 aliphatic rings. The molecule has 2 rings (SSSR count). The number of carbonyl (C=O) groups excluding carboxylic acids is 1. The fraction of sp³-hybridized carbons (Fsp3) is 0.375. The third kappa shape index (κ3) is 5.28. The van der Waals surface area contributed by atoms with Crippen molar-refractivity contribution in [2.75, 3.05) is 19.7 Å². The predicted octanol–water partition coefficient (Wildman–Crippen LogP) is 1.30. The third-order valence-corrected chi connectivity index (χ3v) is 3.35. The van der Waals surface area contributed by atoms with Crippen molar-refractivity contribution in [3.8, 4) is 0 Å². The maximum atomic E-state index is 12.8. The SMILES string of the molecule is CCCN(OCCNC(=O)O)C(=O)C1=Cc2ccncc2N=C(N)C1. The van der Waals surface area contributed by atoms with Crippen LogP contribution in [0.2, 0.25) is 0 Å². The van der Waals surface area contributed by atoms with Gasteiger partial charge >= 0.3 is 6.09 Å². The van der Waals surface area contributed by atoms with Crippen molar-refractivity contribution in [2.24, 2.45) is 10.7 Å². The summed E-state index contributed by atoms with van der Waals surface area (Å²) in [5.41, 5.74) is 7.71. The van der Waals surface area contributed by atoms with Crippen molar-refractivity contribution in [1.29, 1.82) is 0 Å². The summed E-state index contributed by atoms with van der Waals surface area (Å²) in [5.74, 6) is -0.00432. The van der Waals surface area contributed by atoms with E-state index in [1.54, 1.807) is 24.5 Å². The highest BCUT2D eigenvalue weighted by Gasteiger charge is 2.22. The van der Waals surface area contributed by atoms with Gasteiger partial charge in [0.2, 0.25) is 0 Å².